The maximum absolute atomic E-state index is 5.37. The van der Waals surface area contributed by atoms with Crippen molar-refractivity contribution in [2.24, 2.45) is 11.7 Å². The number of hydrogen-bond acceptors (Lipinski definition) is 1. The average molecular weight is 127 g/mol. The zero-order valence-corrected chi connectivity index (χ0v) is 6.43. The highest BCUT2D eigenvalue weighted by Gasteiger charge is 1.91. The summed E-state index contributed by atoms with van der Waals surface area (Å²) in [5.74, 6) is 0.662. The Hall–Kier alpha value is -0.300. The Morgan fingerprint density at radius 3 is 2.67 bits per heavy atom. The molecule has 0 saturated carbocycles. The summed E-state index contributed by atoms with van der Waals surface area (Å²) in [6.07, 6.45) is 6.67. The van der Waals surface area contributed by atoms with Crippen molar-refractivity contribution in [2.45, 2.75) is 26.7 Å². The van der Waals surface area contributed by atoms with Crippen LogP contribution in [0.4, 0.5) is 0 Å². The van der Waals surface area contributed by atoms with Gasteiger partial charge < -0.3 is 5.73 Å². The lowest BCUT2D eigenvalue weighted by Gasteiger charge is -2.00. The van der Waals surface area contributed by atoms with Crippen molar-refractivity contribution in [1.82, 2.24) is 0 Å². The molecule has 0 rings (SSSR count). The fraction of sp³-hybridized carbons (Fsp3) is 0.750. The van der Waals surface area contributed by atoms with Crippen LogP contribution in [0.25, 0.3) is 0 Å². The molecule has 0 aliphatic rings. The molecule has 0 saturated heterocycles. The monoisotopic (exact) mass is 127 g/mol. The SMILES string of the molecule is CCC=CC(C)CCN. The van der Waals surface area contributed by atoms with Gasteiger partial charge in [-0.1, -0.05) is 26.0 Å². The van der Waals surface area contributed by atoms with Gasteiger partial charge in [0.15, 0.2) is 0 Å². The summed E-state index contributed by atoms with van der Waals surface area (Å²) in [7, 11) is 0. The third-order valence-electron chi connectivity index (χ3n) is 1.32. The average Bonchev–Trinajstić information content (AvgIpc) is 1.85. The highest BCUT2D eigenvalue weighted by molar-refractivity contribution is 4.85. The van der Waals surface area contributed by atoms with Gasteiger partial charge in [0.2, 0.25) is 0 Å². The molecule has 0 amide bonds. The van der Waals surface area contributed by atoms with Crippen LogP contribution in [0.1, 0.15) is 26.7 Å². The molecule has 0 fully saturated rings. The molecule has 0 aliphatic carbocycles. The Kier molecular flexibility index (Phi) is 5.64. The molecular formula is C8H17N. The van der Waals surface area contributed by atoms with Crippen LogP contribution >= 0.6 is 0 Å². The van der Waals surface area contributed by atoms with E-state index in [1.165, 1.54) is 0 Å². The van der Waals surface area contributed by atoms with E-state index in [2.05, 4.69) is 26.0 Å². The Morgan fingerprint density at radius 2 is 2.22 bits per heavy atom. The standard InChI is InChI=1S/C8H17N/c1-3-4-5-8(2)6-7-9/h4-5,8H,3,6-7,9H2,1-2H3. The van der Waals surface area contributed by atoms with Gasteiger partial charge in [-0.2, -0.15) is 0 Å². The molecule has 9 heavy (non-hydrogen) atoms. The molecule has 0 spiro atoms. The summed E-state index contributed by atoms with van der Waals surface area (Å²) >= 11 is 0. The summed E-state index contributed by atoms with van der Waals surface area (Å²) in [6, 6.07) is 0. The molecule has 0 aromatic carbocycles. The zero-order valence-electron chi connectivity index (χ0n) is 6.43. The van der Waals surface area contributed by atoms with Crippen molar-refractivity contribution < 1.29 is 0 Å². The summed E-state index contributed by atoms with van der Waals surface area (Å²) in [6.45, 7) is 5.14. The topological polar surface area (TPSA) is 26.0 Å². The van der Waals surface area contributed by atoms with Crippen LogP contribution in [0.5, 0.6) is 0 Å². The molecule has 0 aromatic heterocycles. The number of allylic oxidation sites excluding steroid dienone is 2. The van der Waals surface area contributed by atoms with Crippen LogP contribution < -0.4 is 5.73 Å². The molecule has 1 atom stereocenters. The van der Waals surface area contributed by atoms with E-state index in [1.807, 2.05) is 0 Å². The van der Waals surface area contributed by atoms with Crippen LogP contribution in [0.2, 0.25) is 0 Å². The van der Waals surface area contributed by atoms with Crippen LogP contribution in [0.3, 0.4) is 0 Å². The van der Waals surface area contributed by atoms with Crippen LogP contribution in [0, 0.1) is 5.92 Å². The molecule has 1 unspecified atom stereocenters. The summed E-state index contributed by atoms with van der Waals surface area (Å²) in [5, 5.41) is 0. The highest BCUT2D eigenvalue weighted by atomic mass is 14.5. The first kappa shape index (κ1) is 8.70. The van der Waals surface area contributed by atoms with Gasteiger partial charge in [0.25, 0.3) is 0 Å². The van der Waals surface area contributed by atoms with Crippen molar-refractivity contribution in [3.63, 3.8) is 0 Å². The first-order chi connectivity index (χ1) is 4.31. The van der Waals surface area contributed by atoms with Gasteiger partial charge >= 0.3 is 0 Å². The third-order valence-corrected chi connectivity index (χ3v) is 1.32. The van der Waals surface area contributed by atoms with Crippen molar-refractivity contribution in [3.05, 3.63) is 12.2 Å². The molecule has 0 heterocycles. The Balaban J connectivity index is 3.25. The summed E-state index contributed by atoms with van der Waals surface area (Å²) < 4.78 is 0. The fourth-order valence-corrected chi connectivity index (χ4v) is 0.728. The quantitative estimate of drug-likeness (QED) is 0.574. The molecule has 0 aliphatic heterocycles. The van der Waals surface area contributed by atoms with Crippen molar-refractivity contribution in [1.29, 1.82) is 0 Å². The molecule has 1 heteroatoms. The molecule has 0 aromatic rings. The fourth-order valence-electron chi connectivity index (χ4n) is 0.728. The van der Waals surface area contributed by atoms with E-state index >= 15 is 0 Å². The smallest absolute Gasteiger partial charge is 0.00718 e. The minimum Gasteiger partial charge on any atom is -0.330 e. The van der Waals surface area contributed by atoms with Crippen LogP contribution in [0.15, 0.2) is 12.2 Å². The van der Waals surface area contributed by atoms with Crippen molar-refractivity contribution in [2.75, 3.05) is 6.54 Å². The minimum absolute atomic E-state index is 0.662. The van der Waals surface area contributed by atoms with Gasteiger partial charge in [0.05, 0.1) is 0 Å². The minimum atomic E-state index is 0.662. The normalized spacial score (nSPS) is 14.6. The van der Waals surface area contributed by atoms with Gasteiger partial charge in [-0.05, 0) is 25.3 Å². The van der Waals surface area contributed by atoms with Crippen molar-refractivity contribution in [3.8, 4) is 0 Å². The molecular weight excluding hydrogens is 110 g/mol. The molecule has 2 N–H and O–H groups in total. The molecule has 0 bridgehead atoms. The van der Waals surface area contributed by atoms with Gasteiger partial charge in [-0.3, -0.25) is 0 Å². The predicted octanol–water partition coefficient (Wildman–Crippen LogP) is 1.94. The van der Waals surface area contributed by atoms with Gasteiger partial charge in [0.1, 0.15) is 0 Å². The van der Waals surface area contributed by atoms with E-state index in [0.717, 1.165) is 19.4 Å². The van der Waals surface area contributed by atoms with E-state index in [1.54, 1.807) is 0 Å². The van der Waals surface area contributed by atoms with Crippen LogP contribution in [-0.4, -0.2) is 6.54 Å². The van der Waals surface area contributed by atoms with Crippen molar-refractivity contribution >= 4 is 0 Å². The van der Waals surface area contributed by atoms with E-state index in [0.29, 0.717) is 5.92 Å². The number of hydrogen-bond donors (Lipinski definition) is 1. The third kappa shape index (κ3) is 5.57. The molecule has 0 radical (unpaired) electrons. The first-order valence-corrected chi connectivity index (χ1v) is 3.68. The Labute approximate surface area is 57.9 Å². The molecule has 54 valence electrons. The maximum Gasteiger partial charge on any atom is -0.00718 e. The maximum atomic E-state index is 5.37. The largest absolute Gasteiger partial charge is 0.330 e. The number of nitrogens with two attached hydrogens (primary N) is 1. The number of rotatable bonds is 4. The summed E-state index contributed by atoms with van der Waals surface area (Å²) in [5.41, 5.74) is 5.37. The van der Waals surface area contributed by atoms with E-state index in [-0.39, 0.29) is 0 Å². The lowest BCUT2D eigenvalue weighted by Crippen LogP contribution is -2.03. The predicted molar refractivity (Wildman–Crippen MR) is 42.3 cm³/mol. The Morgan fingerprint density at radius 1 is 1.56 bits per heavy atom. The van der Waals surface area contributed by atoms with E-state index < -0.39 is 0 Å². The second kappa shape index (κ2) is 5.83. The van der Waals surface area contributed by atoms with Gasteiger partial charge in [0, 0.05) is 0 Å². The lowest BCUT2D eigenvalue weighted by molar-refractivity contribution is 0.656. The second-order valence-electron chi connectivity index (χ2n) is 2.39. The Bertz CT molecular complexity index is 76.6. The van der Waals surface area contributed by atoms with E-state index in [9.17, 15) is 0 Å². The lowest BCUT2D eigenvalue weighted by atomic mass is 10.1. The molecule has 1 nitrogen and oxygen atoms in total. The van der Waals surface area contributed by atoms with Gasteiger partial charge in [-0.25, -0.2) is 0 Å². The zero-order chi connectivity index (χ0) is 7.11. The highest BCUT2D eigenvalue weighted by Crippen LogP contribution is 2.01. The summed E-state index contributed by atoms with van der Waals surface area (Å²) in [4.78, 5) is 0. The van der Waals surface area contributed by atoms with E-state index in [4.69, 9.17) is 5.73 Å². The second-order valence-corrected chi connectivity index (χ2v) is 2.39. The van der Waals surface area contributed by atoms with Crippen LogP contribution in [-0.2, 0) is 0 Å². The first-order valence-electron chi connectivity index (χ1n) is 3.68. The van der Waals surface area contributed by atoms with Gasteiger partial charge in [-0.15, -0.1) is 0 Å².